The molecule has 0 spiro atoms. The molecule has 0 aliphatic rings. The van der Waals surface area contributed by atoms with Crippen molar-refractivity contribution < 1.29 is 0 Å². The third-order valence-corrected chi connectivity index (χ3v) is 1.63. The molecule has 0 heterocycles. The highest BCUT2D eigenvalue weighted by molar-refractivity contribution is 6.30. The number of aliphatic imine (C=N–C) groups is 1. The fourth-order valence-corrected chi connectivity index (χ4v) is 0.937. The van der Waals surface area contributed by atoms with Gasteiger partial charge in [-0.15, -0.1) is 0 Å². The predicted molar refractivity (Wildman–Crippen MR) is 52.4 cm³/mol. The number of benzene rings is 1. The Kier molecular flexibility index (Phi) is 3.00. The molecule has 0 unspecified atom stereocenters. The Bertz CT molecular complexity index is 301. The number of halogens is 1. The van der Waals surface area contributed by atoms with E-state index in [2.05, 4.69) is 4.99 Å². The molecule has 3 heteroatoms. The van der Waals surface area contributed by atoms with Gasteiger partial charge in [0.25, 0.3) is 0 Å². The molecule has 0 amide bonds. The van der Waals surface area contributed by atoms with Crippen molar-refractivity contribution in [3.8, 4) is 0 Å². The SMILES string of the molecule is C/C=N\C(=N)c1ccc(Cl)cc1. The number of rotatable bonds is 1. The lowest BCUT2D eigenvalue weighted by molar-refractivity contribution is 1.42. The van der Waals surface area contributed by atoms with Crippen LogP contribution in [0.3, 0.4) is 0 Å². The average molecular weight is 181 g/mol. The van der Waals surface area contributed by atoms with E-state index in [4.69, 9.17) is 17.0 Å². The van der Waals surface area contributed by atoms with Gasteiger partial charge >= 0.3 is 0 Å². The molecule has 2 nitrogen and oxygen atoms in total. The van der Waals surface area contributed by atoms with Crippen molar-refractivity contribution in [1.29, 1.82) is 5.41 Å². The molecule has 0 atom stereocenters. The lowest BCUT2D eigenvalue weighted by Crippen LogP contribution is -1.93. The zero-order valence-electron chi connectivity index (χ0n) is 6.71. The Hall–Kier alpha value is -1.15. The maximum Gasteiger partial charge on any atom is 0.151 e. The highest BCUT2D eigenvalue weighted by Crippen LogP contribution is 2.09. The van der Waals surface area contributed by atoms with Gasteiger partial charge in [0.05, 0.1) is 0 Å². The second kappa shape index (κ2) is 4.02. The summed E-state index contributed by atoms with van der Waals surface area (Å²) in [6, 6.07) is 7.04. The van der Waals surface area contributed by atoms with Gasteiger partial charge in [-0.2, -0.15) is 0 Å². The van der Waals surface area contributed by atoms with E-state index in [1.165, 1.54) is 0 Å². The summed E-state index contributed by atoms with van der Waals surface area (Å²) >= 11 is 5.68. The lowest BCUT2D eigenvalue weighted by atomic mass is 10.2. The maximum absolute atomic E-state index is 7.46. The molecule has 0 fully saturated rings. The normalized spacial score (nSPS) is 10.5. The monoisotopic (exact) mass is 180 g/mol. The van der Waals surface area contributed by atoms with Crippen molar-refractivity contribution in [3.05, 3.63) is 34.9 Å². The summed E-state index contributed by atoms with van der Waals surface area (Å²) in [6.45, 7) is 1.78. The van der Waals surface area contributed by atoms with E-state index in [1.807, 2.05) is 0 Å². The van der Waals surface area contributed by atoms with Crippen LogP contribution >= 0.6 is 11.6 Å². The van der Waals surface area contributed by atoms with Gasteiger partial charge in [0.15, 0.2) is 5.84 Å². The van der Waals surface area contributed by atoms with Crippen molar-refractivity contribution in [3.63, 3.8) is 0 Å². The Labute approximate surface area is 76.4 Å². The largest absolute Gasteiger partial charge is 0.282 e. The maximum atomic E-state index is 7.46. The molecular formula is C9H9ClN2. The predicted octanol–water partition coefficient (Wildman–Crippen LogP) is 2.76. The first-order valence-electron chi connectivity index (χ1n) is 3.57. The van der Waals surface area contributed by atoms with Gasteiger partial charge in [0.1, 0.15) is 0 Å². The molecule has 0 saturated heterocycles. The van der Waals surface area contributed by atoms with E-state index in [9.17, 15) is 0 Å². The lowest BCUT2D eigenvalue weighted by Gasteiger charge is -1.96. The zero-order chi connectivity index (χ0) is 8.97. The van der Waals surface area contributed by atoms with E-state index in [-0.39, 0.29) is 5.84 Å². The summed E-state index contributed by atoms with van der Waals surface area (Å²) in [4.78, 5) is 3.84. The van der Waals surface area contributed by atoms with Crippen molar-refractivity contribution in [2.45, 2.75) is 6.92 Å². The van der Waals surface area contributed by atoms with Gasteiger partial charge in [0.2, 0.25) is 0 Å². The fraction of sp³-hybridized carbons (Fsp3) is 0.111. The van der Waals surface area contributed by atoms with Crippen LogP contribution in [0, 0.1) is 5.41 Å². The number of hydrogen-bond acceptors (Lipinski definition) is 1. The van der Waals surface area contributed by atoms with Crippen molar-refractivity contribution in [2.24, 2.45) is 4.99 Å². The number of nitrogens with one attached hydrogen (secondary N) is 1. The van der Waals surface area contributed by atoms with Gasteiger partial charge in [0, 0.05) is 16.8 Å². The molecule has 0 saturated carbocycles. The second-order valence-electron chi connectivity index (χ2n) is 2.24. The smallest absolute Gasteiger partial charge is 0.151 e. The highest BCUT2D eigenvalue weighted by Gasteiger charge is 1.96. The summed E-state index contributed by atoms with van der Waals surface area (Å²) in [5.74, 6) is 0.258. The Balaban J connectivity index is 2.90. The molecule has 0 aliphatic carbocycles. The standard InChI is InChI=1S/C9H9ClN2/c1-2-12-9(11)7-3-5-8(10)6-4-7/h2-6,11H,1H3/b11-9?,12-2-. The van der Waals surface area contributed by atoms with Crippen LogP contribution in [0.4, 0.5) is 0 Å². The Morgan fingerprint density at radius 1 is 1.42 bits per heavy atom. The summed E-state index contributed by atoms with van der Waals surface area (Å²) in [7, 11) is 0. The molecule has 12 heavy (non-hydrogen) atoms. The summed E-state index contributed by atoms with van der Waals surface area (Å²) < 4.78 is 0. The number of hydrogen-bond donors (Lipinski definition) is 1. The van der Waals surface area contributed by atoms with Gasteiger partial charge in [-0.3, -0.25) is 5.41 Å². The minimum absolute atomic E-state index is 0.258. The molecule has 0 aromatic heterocycles. The summed E-state index contributed by atoms with van der Waals surface area (Å²) in [6.07, 6.45) is 1.59. The molecule has 0 aliphatic heterocycles. The first kappa shape index (κ1) is 8.94. The van der Waals surface area contributed by atoms with Crippen LogP contribution in [0.2, 0.25) is 5.02 Å². The molecule has 1 aromatic carbocycles. The van der Waals surface area contributed by atoms with Crippen LogP contribution in [0.1, 0.15) is 12.5 Å². The van der Waals surface area contributed by atoms with Crippen LogP contribution in [0.25, 0.3) is 0 Å². The van der Waals surface area contributed by atoms with E-state index < -0.39 is 0 Å². The molecule has 1 N–H and O–H groups in total. The average Bonchev–Trinajstić information content (AvgIpc) is 2.06. The Morgan fingerprint density at radius 3 is 2.50 bits per heavy atom. The fourth-order valence-electron chi connectivity index (χ4n) is 0.811. The molecule has 0 radical (unpaired) electrons. The van der Waals surface area contributed by atoms with Crippen molar-refractivity contribution in [2.75, 3.05) is 0 Å². The first-order valence-corrected chi connectivity index (χ1v) is 3.95. The molecule has 1 rings (SSSR count). The minimum atomic E-state index is 0.258. The van der Waals surface area contributed by atoms with Crippen LogP contribution in [-0.2, 0) is 0 Å². The van der Waals surface area contributed by atoms with E-state index in [1.54, 1.807) is 37.4 Å². The number of amidine groups is 1. The van der Waals surface area contributed by atoms with Crippen molar-refractivity contribution in [1.82, 2.24) is 0 Å². The van der Waals surface area contributed by atoms with Crippen LogP contribution < -0.4 is 0 Å². The zero-order valence-corrected chi connectivity index (χ0v) is 7.47. The van der Waals surface area contributed by atoms with Crippen LogP contribution in [0.15, 0.2) is 29.3 Å². The summed E-state index contributed by atoms with van der Waals surface area (Å²) in [5, 5.41) is 8.13. The third-order valence-electron chi connectivity index (χ3n) is 1.38. The van der Waals surface area contributed by atoms with Crippen LogP contribution in [0.5, 0.6) is 0 Å². The van der Waals surface area contributed by atoms with Gasteiger partial charge < -0.3 is 0 Å². The third kappa shape index (κ3) is 2.17. The van der Waals surface area contributed by atoms with Gasteiger partial charge in [-0.25, -0.2) is 4.99 Å². The molecule has 0 bridgehead atoms. The first-order chi connectivity index (χ1) is 5.74. The number of nitrogens with zero attached hydrogens (tertiary/aromatic N) is 1. The molecule has 1 aromatic rings. The quantitative estimate of drug-likeness (QED) is 0.510. The second-order valence-corrected chi connectivity index (χ2v) is 2.68. The summed E-state index contributed by atoms with van der Waals surface area (Å²) in [5.41, 5.74) is 0.775. The molecular weight excluding hydrogens is 172 g/mol. The van der Waals surface area contributed by atoms with E-state index >= 15 is 0 Å². The van der Waals surface area contributed by atoms with E-state index in [0.717, 1.165) is 5.56 Å². The van der Waals surface area contributed by atoms with Gasteiger partial charge in [-0.05, 0) is 31.2 Å². The highest BCUT2D eigenvalue weighted by atomic mass is 35.5. The minimum Gasteiger partial charge on any atom is -0.282 e. The molecule has 62 valence electrons. The van der Waals surface area contributed by atoms with Gasteiger partial charge in [-0.1, -0.05) is 11.6 Å². The van der Waals surface area contributed by atoms with Crippen molar-refractivity contribution >= 4 is 23.7 Å². The van der Waals surface area contributed by atoms with Crippen LogP contribution in [-0.4, -0.2) is 12.1 Å². The topological polar surface area (TPSA) is 36.2 Å². The van der Waals surface area contributed by atoms with E-state index in [0.29, 0.717) is 5.02 Å². The Morgan fingerprint density at radius 2 is 2.00 bits per heavy atom.